The van der Waals surface area contributed by atoms with Crippen molar-refractivity contribution in [1.82, 2.24) is 14.9 Å². The number of hydrogen-bond acceptors (Lipinski definition) is 6. The highest BCUT2D eigenvalue weighted by Crippen LogP contribution is 2.38. The Balaban J connectivity index is 1.48. The van der Waals surface area contributed by atoms with Crippen molar-refractivity contribution in [2.45, 2.75) is 19.5 Å². The summed E-state index contributed by atoms with van der Waals surface area (Å²) in [7, 11) is 4.54. The molecule has 36 heavy (non-hydrogen) atoms. The Bertz CT molecular complexity index is 1330. The SMILES string of the molecule is COc1cc(C(=O)NCc2nc3ccccc3n2CCCOc2ccccc2Cl)cc(OC)c1OC. The van der Waals surface area contributed by atoms with Crippen LogP contribution in [0.4, 0.5) is 0 Å². The topological polar surface area (TPSA) is 83.8 Å². The number of amides is 1. The minimum absolute atomic E-state index is 0.246. The molecule has 4 aromatic rings. The summed E-state index contributed by atoms with van der Waals surface area (Å²) >= 11 is 6.18. The maximum atomic E-state index is 13.0. The third kappa shape index (κ3) is 5.49. The minimum atomic E-state index is -0.282. The van der Waals surface area contributed by atoms with Gasteiger partial charge in [0.25, 0.3) is 5.91 Å². The van der Waals surface area contributed by atoms with Crippen LogP contribution in [0.25, 0.3) is 11.0 Å². The van der Waals surface area contributed by atoms with Gasteiger partial charge in [-0.3, -0.25) is 4.79 Å². The Hall–Kier alpha value is -3.91. The number of aromatic nitrogens is 2. The number of nitrogens with zero attached hydrogens (tertiary/aromatic N) is 2. The number of fused-ring (bicyclic) bond motifs is 1. The molecule has 4 rings (SSSR count). The summed E-state index contributed by atoms with van der Waals surface area (Å²) in [5.41, 5.74) is 2.24. The molecule has 0 aliphatic rings. The summed E-state index contributed by atoms with van der Waals surface area (Å²) in [6.07, 6.45) is 0.736. The van der Waals surface area contributed by atoms with Crippen molar-refractivity contribution in [3.63, 3.8) is 0 Å². The summed E-state index contributed by atoms with van der Waals surface area (Å²) in [6, 6.07) is 18.5. The number of hydrogen-bond donors (Lipinski definition) is 1. The second kappa shape index (κ2) is 11.7. The molecule has 188 valence electrons. The number of aryl methyl sites for hydroxylation is 1. The van der Waals surface area contributed by atoms with Gasteiger partial charge < -0.3 is 28.8 Å². The molecule has 0 bridgehead atoms. The summed E-state index contributed by atoms with van der Waals surface area (Å²) < 4.78 is 24.0. The van der Waals surface area contributed by atoms with Crippen molar-refractivity contribution >= 4 is 28.5 Å². The average molecular weight is 510 g/mol. The fraction of sp³-hybridized carbons (Fsp3) is 0.259. The second-order valence-electron chi connectivity index (χ2n) is 7.90. The number of ether oxygens (including phenoxy) is 4. The van der Waals surface area contributed by atoms with Gasteiger partial charge in [0.1, 0.15) is 11.6 Å². The molecule has 1 heterocycles. The van der Waals surface area contributed by atoms with Crippen LogP contribution in [0.5, 0.6) is 23.0 Å². The third-order valence-corrected chi connectivity index (χ3v) is 6.00. The van der Waals surface area contributed by atoms with Crippen LogP contribution < -0.4 is 24.3 Å². The van der Waals surface area contributed by atoms with Gasteiger partial charge in [0.15, 0.2) is 11.5 Å². The molecular formula is C27H28ClN3O5. The molecule has 0 unspecified atom stereocenters. The van der Waals surface area contributed by atoms with Gasteiger partial charge >= 0.3 is 0 Å². The Labute approximate surface area is 214 Å². The highest BCUT2D eigenvalue weighted by molar-refractivity contribution is 6.32. The molecule has 0 spiro atoms. The van der Waals surface area contributed by atoms with E-state index < -0.39 is 0 Å². The standard InChI is InChI=1S/C27H28ClN3O5/c1-33-23-15-18(16-24(34-2)26(23)35-3)27(32)29-17-25-30-20-10-5-6-11-21(20)31(25)13-8-14-36-22-12-7-4-9-19(22)28/h4-7,9-12,15-16H,8,13-14,17H2,1-3H3,(H,29,32). The van der Waals surface area contributed by atoms with Crippen LogP contribution in [0.15, 0.2) is 60.7 Å². The van der Waals surface area contributed by atoms with E-state index >= 15 is 0 Å². The lowest BCUT2D eigenvalue weighted by atomic mass is 10.1. The zero-order chi connectivity index (χ0) is 25.5. The predicted molar refractivity (Wildman–Crippen MR) is 139 cm³/mol. The number of imidazole rings is 1. The van der Waals surface area contributed by atoms with E-state index in [1.54, 1.807) is 18.2 Å². The van der Waals surface area contributed by atoms with Gasteiger partial charge in [0.05, 0.1) is 50.5 Å². The molecule has 0 radical (unpaired) electrons. The van der Waals surface area contributed by atoms with Gasteiger partial charge in [0.2, 0.25) is 5.75 Å². The van der Waals surface area contributed by atoms with Crippen LogP contribution in [0.3, 0.4) is 0 Å². The zero-order valence-electron chi connectivity index (χ0n) is 20.4. The number of carbonyl (C=O) groups is 1. The fourth-order valence-corrected chi connectivity index (χ4v) is 4.14. The largest absolute Gasteiger partial charge is 0.493 e. The lowest BCUT2D eigenvalue weighted by Crippen LogP contribution is -2.25. The first kappa shape index (κ1) is 25.2. The summed E-state index contributed by atoms with van der Waals surface area (Å²) in [6.45, 7) is 1.41. The molecule has 0 saturated heterocycles. The molecule has 1 amide bonds. The van der Waals surface area contributed by atoms with E-state index in [1.165, 1.54) is 21.3 Å². The molecule has 0 atom stereocenters. The van der Waals surface area contributed by atoms with Crippen molar-refractivity contribution in [3.8, 4) is 23.0 Å². The van der Waals surface area contributed by atoms with Crippen LogP contribution >= 0.6 is 11.6 Å². The summed E-state index contributed by atoms with van der Waals surface area (Å²) in [4.78, 5) is 17.7. The van der Waals surface area contributed by atoms with Gasteiger partial charge in [-0.2, -0.15) is 0 Å². The predicted octanol–water partition coefficient (Wildman–Crippen LogP) is 5.11. The number of methoxy groups -OCH3 is 3. The van der Waals surface area contributed by atoms with Crippen LogP contribution in [0, 0.1) is 0 Å². The number of rotatable bonds is 11. The normalized spacial score (nSPS) is 10.8. The number of carbonyl (C=O) groups excluding carboxylic acids is 1. The molecular weight excluding hydrogens is 482 g/mol. The summed E-state index contributed by atoms with van der Waals surface area (Å²) in [5, 5.41) is 3.54. The number of benzene rings is 3. The molecule has 0 aliphatic carbocycles. The first-order valence-corrected chi connectivity index (χ1v) is 11.8. The lowest BCUT2D eigenvalue weighted by molar-refractivity contribution is 0.0948. The van der Waals surface area contributed by atoms with E-state index in [4.69, 9.17) is 35.5 Å². The molecule has 0 aliphatic heterocycles. The minimum Gasteiger partial charge on any atom is -0.493 e. The quantitative estimate of drug-likeness (QED) is 0.283. The first-order chi connectivity index (χ1) is 17.5. The average Bonchev–Trinajstić information content (AvgIpc) is 3.27. The van der Waals surface area contributed by atoms with Crippen LogP contribution in [-0.2, 0) is 13.1 Å². The van der Waals surface area contributed by atoms with Gasteiger partial charge in [-0.1, -0.05) is 35.9 Å². The molecule has 0 saturated carbocycles. The highest BCUT2D eigenvalue weighted by atomic mass is 35.5. The maximum absolute atomic E-state index is 13.0. The maximum Gasteiger partial charge on any atom is 0.251 e. The second-order valence-corrected chi connectivity index (χ2v) is 8.30. The van der Waals surface area contributed by atoms with Gasteiger partial charge in [-0.25, -0.2) is 4.98 Å². The first-order valence-electron chi connectivity index (χ1n) is 11.5. The smallest absolute Gasteiger partial charge is 0.251 e. The molecule has 1 N–H and O–H groups in total. The molecule has 1 aromatic heterocycles. The van der Waals surface area contributed by atoms with Crippen LogP contribution in [0.2, 0.25) is 5.02 Å². The molecule has 0 fully saturated rings. The number of para-hydroxylation sites is 3. The number of halogens is 1. The van der Waals surface area contributed by atoms with Crippen molar-refractivity contribution in [2.75, 3.05) is 27.9 Å². The van der Waals surface area contributed by atoms with Crippen LogP contribution in [0.1, 0.15) is 22.6 Å². The van der Waals surface area contributed by atoms with E-state index in [0.29, 0.717) is 46.7 Å². The monoisotopic (exact) mass is 509 g/mol. The van der Waals surface area contributed by atoms with Gasteiger partial charge in [-0.05, 0) is 42.8 Å². The van der Waals surface area contributed by atoms with Crippen LogP contribution in [-0.4, -0.2) is 43.4 Å². The van der Waals surface area contributed by atoms with Crippen molar-refractivity contribution in [2.24, 2.45) is 0 Å². The molecule has 8 nitrogen and oxygen atoms in total. The van der Waals surface area contributed by atoms with E-state index in [1.807, 2.05) is 42.5 Å². The van der Waals surface area contributed by atoms with Crippen molar-refractivity contribution in [1.29, 1.82) is 0 Å². The van der Waals surface area contributed by atoms with Gasteiger partial charge in [-0.15, -0.1) is 0 Å². The fourth-order valence-electron chi connectivity index (χ4n) is 3.95. The Morgan fingerprint density at radius 2 is 1.64 bits per heavy atom. The van der Waals surface area contributed by atoms with E-state index in [-0.39, 0.29) is 12.5 Å². The highest BCUT2D eigenvalue weighted by Gasteiger charge is 2.18. The summed E-state index contributed by atoms with van der Waals surface area (Å²) in [5.74, 6) is 2.37. The Kier molecular flexibility index (Phi) is 8.17. The molecule has 9 heteroatoms. The Morgan fingerprint density at radius 3 is 2.33 bits per heavy atom. The van der Waals surface area contributed by atoms with Gasteiger partial charge in [0, 0.05) is 12.1 Å². The van der Waals surface area contributed by atoms with E-state index in [2.05, 4.69) is 9.88 Å². The van der Waals surface area contributed by atoms with E-state index in [0.717, 1.165) is 23.3 Å². The lowest BCUT2D eigenvalue weighted by Gasteiger charge is -2.14. The zero-order valence-corrected chi connectivity index (χ0v) is 21.2. The van der Waals surface area contributed by atoms with E-state index in [9.17, 15) is 4.79 Å². The third-order valence-electron chi connectivity index (χ3n) is 5.69. The number of nitrogens with one attached hydrogen (secondary N) is 1. The Morgan fingerprint density at radius 1 is 0.944 bits per heavy atom. The van der Waals surface area contributed by atoms with Crippen molar-refractivity contribution in [3.05, 3.63) is 77.1 Å². The van der Waals surface area contributed by atoms with Crippen molar-refractivity contribution < 1.29 is 23.7 Å². The molecule has 3 aromatic carbocycles.